The van der Waals surface area contributed by atoms with E-state index in [4.69, 9.17) is 4.74 Å². The maximum Gasteiger partial charge on any atom is 0.162 e. The van der Waals surface area contributed by atoms with Gasteiger partial charge in [0.05, 0.1) is 5.60 Å². The number of ether oxygens (including phenoxy) is 1. The maximum absolute atomic E-state index is 9.64. The van der Waals surface area contributed by atoms with Crippen LogP contribution in [0.3, 0.4) is 0 Å². The van der Waals surface area contributed by atoms with Crippen LogP contribution >= 0.6 is 0 Å². The molecule has 3 unspecified atom stereocenters. The normalized spacial score (nSPS) is 46.5. The average molecular weight is 180 g/mol. The Balaban J connectivity index is 1.87. The largest absolute Gasteiger partial charge is 0.367 e. The molecule has 72 valence electrons. The van der Waals surface area contributed by atoms with Gasteiger partial charge in [-0.2, -0.15) is 0 Å². The molecule has 1 heterocycles. The van der Waals surface area contributed by atoms with Crippen LogP contribution in [0, 0.1) is 11.8 Å². The Hall–Kier alpha value is -0.340. The Kier molecular flexibility index (Phi) is 1.46. The third kappa shape index (κ3) is 0.906. The van der Waals surface area contributed by atoms with Crippen molar-refractivity contribution in [2.24, 2.45) is 11.8 Å². The van der Waals surface area contributed by atoms with E-state index in [1.165, 1.54) is 24.8 Å². The molecule has 2 heteroatoms. The van der Waals surface area contributed by atoms with Gasteiger partial charge in [-0.05, 0) is 12.8 Å². The quantitative estimate of drug-likeness (QED) is 0.576. The van der Waals surface area contributed by atoms with Crippen molar-refractivity contribution in [3.05, 3.63) is 12.2 Å². The van der Waals surface area contributed by atoms with Gasteiger partial charge in [0.1, 0.15) is 0 Å². The fourth-order valence-electron chi connectivity index (χ4n) is 3.32. The summed E-state index contributed by atoms with van der Waals surface area (Å²) in [6, 6.07) is 0. The average Bonchev–Trinajstić information content (AvgIpc) is 2.70. The predicted molar refractivity (Wildman–Crippen MR) is 49.0 cm³/mol. The highest BCUT2D eigenvalue weighted by Crippen LogP contribution is 2.64. The molecular weight excluding hydrogens is 164 g/mol. The second-order valence-electron chi connectivity index (χ2n) is 4.71. The van der Waals surface area contributed by atoms with Crippen LogP contribution in [0.25, 0.3) is 0 Å². The number of aliphatic hydroxyl groups excluding tert-OH is 1. The smallest absolute Gasteiger partial charge is 0.162 e. The summed E-state index contributed by atoms with van der Waals surface area (Å²) in [5.74, 6) is 0.765. The summed E-state index contributed by atoms with van der Waals surface area (Å²) < 4.78 is 5.72. The fraction of sp³-hybridized carbons (Fsp3) is 0.818. The van der Waals surface area contributed by atoms with Crippen LogP contribution in [0.5, 0.6) is 0 Å². The molecule has 0 aromatic heterocycles. The van der Waals surface area contributed by atoms with Crippen LogP contribution in [0.4, 0.5) is 0 Å². The van der Waals surface area contributed by atoms with Crippen molar-refractivity contribution < 1.29 is 9.84 Å². The lowest BCUT2D eigenvalue weighted by Crippen LogP contribution is -2.36. The molecule has 0 aromatic carbocycles. The van der Waals surface area contributed by atoms with Gasteiger partial charge in [0, 0.05) is 11.8 Å². The maximum atomic E-state index is 9.64. The molecule has 0 bridgehead atoms. The van der Waals surface area contributed by atoms with Crippen LogP contribution in [0.1, 0.15) is 32.1 Å². The summed E-state index contributed by atoms with van der Waals surface area (Å²) in [5, 5.41) is 9.64. The van der Waals surface area contributed by atoms with E-state index in [1.54, 1.807) is 0 Å². The van der Waals surface area contributed by atoms with Crippen molar-refractivity contribution in [1.82, 2.24) is 0 Å². The van der Waals surface area contributed by atoms with E-state index in [2.05, 4.69) is 6.58 Å². The minimum atomic E-state index is -0.546. The Labute approximate surface area is 78.6 Å². The van der Waals surface area contributed by atoms with Crippen LogP contribution in [0.15, 0.2) is 12.2 Å². The van der Waals surface area contributed by atoms with Crippen molar-refractivity contribution in [3.8, 4) is 0 Å². The summed E-state index contributed by atoms with van der Waals surface area (Å²) in [4.78, 5) is 0. The summed E-state index contributed by atoms with van der Waals surface area (Å²) in [7, 11) is 0. The van der Waals surface area contributed by atoms with E-state index in [1.807, 2.05) is 0 Å². The highest BCUT2D eigenvalue weighted by Gasteiger charge is 2.66. The lowest BCUT2D eigenvalue weighted by molar-refractivity contribution is -0.166. The zero-order chi connectivity index (χ0) is 9.05. The molecule has 3 rings (SSSR count). The molecule has 0 aromatic rings. The first-order valence-corrected chi connectivity index (χ1v) is 5.29. The molecule has 2 aliphatic carbocycles. The Morgan fingerprint density at radius 3 is 2.54 bits per heavy atom. The summed E-state index contributed by atoms with van der Waals surface area (Å²) in [6.45, 7) is 4.01. The topological polar surface area (TPSA) is 29.5 Å². The van der Waals surface area contributed by atoms with Crippen LogP contribution in [0.2, 0.25) is 0 Å². The summed E-state index contributed by atoms with van der Waals surface area (Å²) >= 11 is 0. The van der Waals surface area contributed by atoms with E-state index in [0.717, 1.165) is 12.8 Å². The van der Waals surface area contributed by atoms with Crippen molar-refractivity contribution in [2.75, 3.05) is 0 Å². The zero-order valence-corrected chi connectivity index (χ0v) is 7.83. The molecule has 3 aliphatic rings. The first kappa shape index (κ1) is 8.01. The number of fused-ring (bicyclic) bond motifs is 2. The SMILES string of the molecule is C=C1C2C(O)OC3(CCCCC3)C12. The number of aliphatic hydroxyl groups is 1. The van der Waals surface area contributed by atoms with Gasteiger partial charge in [-0.25, -0.2) is 0 Å². The molecule has 1 N–H and O–H groups in total. The van der Waals surface area contributed by atoms with Gasteiger partial charge in [0.25, 0.3) is 0 Å². The molecular formula is C11H16O2. The summed E-state index contributed by atoms with van der Waals surface area (Å²) in [6.07, 6.45) is 5.54. The van der Waals surface area contributed by atoms with Crippen molar-refractivity contribution in [1.29, 1.82) is 0 Å². The number of rotatable bonds is 0. The number of hydrogen-bond acceptors (Lipinski definition) is 2. The van der Waals surface area contributed by atoms with E-state index in [-0.39, 0.29) is 11.5 Å². The summed E-state index contributed by atoms with van der Waals surface area (Å²) in [5.41, 5.74) is 1.24. The molecule has 0 radical (unpaired) electrons. The monoisotopic (exact) mass is 180 g/mol. The highest BCUT2D eigenvalue weighted by atomic mass is 16.6. The molecule has 1 saturated heterocycles. The molecule has 3 fully saturated rings. The molecule has 3 atom stereocenters. The van der Waals surface area contributed by atoms with Gasteiger partial charge in [0.2, 0.25) is 0 Å². The van der Waals surface area contributed by atoms with Gasteiger partial charge >= 0.3 is 0 Å². The molecule has 1 spiro atoms. The predicted octanol–water partition coefficient (Wildman–Crippen LogP) is 1.84. The van der Waals surface area contributed by atoms with Crippen LogP contribution in [-0.2, 0) is 4.74 Å². The molecule has 0 amide bonds. The molecule has 13 heavy (non-hydrogen) atoms. The molecule has 2 nitrogen and oxygen atoms in total. The first-order chi connectivity index (χ1) is 6.25. The van der Waals surface area contributed by atoms with E-state index in [9.17, 15) is 5.11 Å². The van der Waals surface area contributed by atoms with Crippen molar-refractivity contribution in [3.63, 3.8) is 0 Å². The van der Waals surface area contributed by atoms with Gasteiger partial charge in [0.15, 0.2) is 6.29 Å². The van der Waals surface area contributed by atoms with Gasteiger partial charge < -0.3 is 9.84 Å². The second kappa shape index (κ2) is 2.37. The highest BCUT2D eigenvalue weighted by molar-refractivity contribution is 5.35. The Morgan fingerprint density at radius 2 is 2.00 bits per heavy atom. The van der Waals surface area contributed by atoms with E-state index in [0.29, 0.717) is 5.92 Å². The minimum absolute atomic E-state index is 0.000579. The van der Waals surface area contributed by atoms with E-state index < -0.39 is 6.29 Å². The van der Waals surface area contributed by atoms with Crippen molar-refractivity contribution >= 4 is 0 Å². The minimum Gasteiger partial charge on any atom is -0.367 e. The standard InChI is InChI=1S/C11H16O2/c1-7-8-9(7)11(13-10(8)12)5-3-2-4-6-11/h8-10,12H,1-6H2. The third-order valence-electron chi connectivity index (χ3n) is 4.01. The van der Waals surface area contributed by atoms with Crippen LogP contribution in [-0.4, -0.2) is 17.0 Å². The lowest BCUT2D eigenvalue weighted by atomic mass is 9.81. The third-order valence-corrected chi connectivity index (χ3v) is 4.01. The fourth-order valence-corrected chi connectivity index (χ4v) is 3.32. The van der Waals surface area contributed by atoms with Crippen LogP contribution < -0.4 is 0 Å². The first-order valence-electron chi connectivity index (χ1n) is 5.29. The number of hydrogen-bond donors (Lipinski definition) is 1. The zero-order valence-electron chi connectivity index (χ0n) is 7.83. The van der Waals surface area contributed by atoms with Crippen molar-refractivity contribution in [2.45, 2.75) is 44.0 Å². The Bertz CT molecular complexity index is 253. The van der Waals surface area contributed by atoms with E-state index >= 15 is 0 Å². The van der Waals surface area contributed by atoms with Gasteiger partial charge in [-0.1, -0.05) is 31.4 Å². The lowest BCUT2D eigenvalue weighted by Gasteiger charge is -2.35. The Morgan fingerprint density at radius 1 is 1.31 bits per heavy atom. The molecule has 1 aliphatic heterocycles. The second-order valence-corrected chi connectivity index (χ2v) is 4.71. The van der Waals surface area contributed by atoms with Gasteiger partial charge in [-0.3, -0.25) is 0 Å². The van der Waals surface area contributed by atoms with Gasteiger partial charge in [-0.15, -0.1) is 0 Å². The molecule has 2 saturated carbocycles.